The zero-order valence-corrected chi connectivity index (χ0v) is 12.4. The summed E-state index contributed by atoms with van der Waals surface area (Å²) < 4.78 is 0. The highest BCUT2D eigenvalue weighted by molar-refractivity contribution is 5.86. The highest BCUT2D eigenvalue weighted by Gasteiger charge is 2.21. The van der Waals surface area contributed by atoms with E-state index in [9.17, 15) is 5.11 Å². The van der Waals surface area contributed by atoms with Gasteiger partial charge in [-0.25, -0.2) is 0 Å². The van der Waals surface area contributed by atoms with E-state index < -0.39 is 0 Å². The second-order valence-corrected chi connectivity index (χ2v) is 5.87. The standard InChI is InChI=1S/C19H21NO/c1-14-11-16(13-20-17-9-3-2-4-10-17)19(21)18(12-14)15-7-5-6-8-15/h2-4,9-13,15,21H,5-8H2,1H3. The van der Waals surface area contributed by atoms with E-state index in [0.717, 1.165) is 16.8 Å². The second kappa shape index (κ2) is 6.13. The molecule has 108 valence electrons. The maximum absolute atomic E-state index is 10.6. The van der Waals surface area contributed by atoms with Gasteiger partial charge in [0.2, 0.25) is 0 Å². The lowest BCUT2D eigenvalue weighted by Gasteiger charge is -2.14. The molecule has 0 spiro atoms. The van der Waals surface area contributed by atoms with Gasteiger partial charge in [-0.05, 0) is 55.0 Å². The molecular weight excluding hydrogens is 258 g/mol. The Hall–Kier alpha value is -2.09. The highest BCUT2D eigenvalue weighted by atomic mass is 16.3. The molecule has 21 heavy (non-hydrogen) atoms. The van der Waals surface area contributed by atoms with Gasteiger partial charge in [0.05, 0.1) is 5.69 Å². The van der Waals surface area contributed by atoms with Crippen LogP contribution in [0.5, 0.6) is 5.75 Å². The van der Waals surface area contributed by atoms with Gasteiger partial charge in [-0.2, -0.15) is 0 Å². The highest BCUT2D eigenvalue weighted by Crippen LogP contribution is 2.40. The van der Waals surface area contributed by atoms with Crippen molar-refractivity contribution in [1.82, 2.24) is 0 Å². The number of para-hydroxylation sites is 1. The molecule has 0 saturated heterocycles. The molecule has 1 aliphatic rings. The summed E-state index contributed by atoms with van der Waals surface area (Å²) in [7, 11) is 0. The zero-order valence-electron chi connectivity index (χ0n) is 12.4. The molecule has 3 rings (SSSR count). The van der Waals surface area contributed by atoms with Crippen LogP contribution in [0.2, 0.25) is 0 Å². The number of hydrogen-bond donors (Lipinski definition) is 1. The molecule has 0 bridgehead atoms. The molecule has 0 aliphatic heterocycles. The Balaban J connectivity index is 1.93. The molecule has 2 aromatic carbocycles. The number of aliphatic imine (C=N–C) groups is 1. The number of phenolic OH excluding ortho intramolecular Hbond substituents is 1. The first-order valence-corrected chi connectivity index (χ1v) is 7.66. The fraction of sp³-hybridized carbons (Fsp3) is 0.316. The average Bonchev–Trinajstić information content (AvgIpc) is 3.03. The molecule has 0 heterocycles. The number of rotatable bonds is 3. The largest absolute Gasteiger partial charge is 0.507 e. The van der Waals surface area contributed by atoms with Crippen molar-refractivity contribution < 1.29 is 5.11 Å². The van der Waals surface area contributed by atoms with Gasteiger partial charge in [-0.3, -0.25) is 4.99 Å². The summed E-state index contributed by atoms with van der Waals surface area (Å²) in [4.78, 5) is 4.46. The predicted octanol–water partition coefficient (Wildman–Crippen LogP) is 5.11. The van der Waals surface area contributed by atoms with Crippen LogP contribution in [0.1, 0.15) is 48.3 Å². The minimum atomic E-state index is 0.409. The molecule has 1 fully saturated rings. The molecule has 0 amide bonds. The summed E-state index contributed by atoms with van der Waals surface area (Å²) in [5.41, 5.74) is 4.01. The van der Waals surface area contributed by atoms with E-state index in [0.29, 0.717) is 11.7 Å². The molecule has 0 aromatic heterocycles. The van der Waals surface area contributed by atoms with E-state index in [1.54, 1.807) is 6.21 Å². The smallest absolute Gasteiger partial charge is 0.127 e. The zero-order chi connectivity index (χ0) is 14.7. The third kappa shape index (κ3) is 3.15. The first kappa shape index (κ1) is 13.9. The molecule has 0 atom stereocenters. The van der Waals surface area contributed by atoms with Crippen molar-refractivity contribution >= 4 is 11.9 Å². The maximum Gasteiger partial charge on any atom is 0.127 e. The fourth-order valence-corrected chi connectivity index (χ4v) is 3.14. The van der Waals surface area contributed by atoms with Crippen LogP contribution in [0.3, 0.4) is 0 Å². The molecule has 2 nitrogen and oxygen atoms in total. The lowest BCUT2D eigenvalue weighted by molar-refractivity contribution is 0.460. The van der Waals surface area contributed by atoms with Crippen LogP contribution in [0, 0.1) is 6.92 Å². The predicted molar refractivity (Wildman–Crippen MR) is 87.7 cm³/mol. The SMILES string of the molecule is Cc1cc(C=Nc2ccccc2)c(O)c(C2CCCC2)c1. The molecule has 1 aliphatic carbocycles. The lowest BCUT2D eigenvalue weighted by atomic mass is 9.93. The van der Waals surface area contributed by atoms with Crippen LogP contribution in [0.4, 0.5) is 5.69 Å². The van der Waals surface area contributed by atoms with Gasteiger partial charge in [0.25, 0.3) is 0 Å². The van der Waals surface area contributed by atoms with Crippen molar-refractivity contribution in [1.29, 1.82) is 0 Å². The number of aryl methyl sites for hydroxylation is 1. The number of phenols is 1. The monoisotopic (exact) mass is 279 g/mol. The van der Waals surface area contributed by atoms with Crippen LogP contribution in [-0.4, -0.2) is 11.3 Å². The number of benzene rings is 2. The van der Waals surface area contributed by atoms with E-state index in [-0.39, 0.29) is 0 Å². The number of aromatic hydroxyl groups is 1. The van der Waals surface area contributed by atoms with Gasteiger partial charge in [-0.1, -0.05) is 37.1 Å². The molecule has 2 aromatic rings. The summed E-state index contributed by atoms with van der Waals surface area (Å²) >= 11 is 0. The van der Waals surface area contributed by atoms with Crippen LogP contribution in [0.25, 0.3) is 0 Å². The van der Waals surface area contributed by atoms with Crippen molar-refractivity contribution in [3.05, 3.63) is 59.2 Å². The number of nitrogens with zero attached hydrogens (tertiary/aromatic N) is 1. The normalized spacial score (nSPS) is 15.9. The van der Waals surface area contributed by atoms with E-state index in [1.165, 1.54) is 31.2 Å². The maximum atomic E-state index is 10.6. The third-order valence-corrected chi connectivity index (χ3v) is 4.22. The van der Waals surface area contributed by atoms with Crippen molar-refractivity contribution in [3.8, 4) is 5.75 Å². The summed E-state index contributed by atoms with van der Waals surface area (Å²) in [6.07, 6.45) is 6.69. The topological polar surface area (TPSA) is 32.6 Å². The van der Waals surface area contributed by atoms with E-state index in [2.05, 4.69) is 18.0 Å². The second-order valence-electron chi connectivity index (χ2n) is 5.87. The number of hydrogen-bond acceptors (Lipinski definition) is 2. The van der Waals surface area contributed by atoms with Gasteiger partial charge < -0.3 is 5.11 Å². The lowest BCUT2D eigenvalue weighted by Crippen LogP contribution is -1.97. The van der Waals surface area contributed by atoms with Gasteiger partial charge in [0.15, 0.2) is 0 Å². The van der Waals surface area contributed by atoms with Crippen molar-refractivity contribution in [2.45, 2.75) is 38.5 Å². The molecule has 1 N–H and O–H groups in total. The summed E-state index contributed by atoms with van der Waals surface area (Å²) in [6, 6.07) is 14.0. The van der Waals surface area contributed by atoms with Crippen LogP contribution < -0.4 is 0 Å². The molecule has 1 saturated carbocycles. The van der Waals surface area contributed by atoms with Crippen molar-refractivity contribution in [3.63, 3.8) is 0 Å². The van der Waals surface area contributed by atoms with Crippen LogP contribution in [-0.2, 0) is 0 Å². The fourth-order valence-electron chi connectivity index (χ4n) is 3.14. The Bertz CT molecular complexity index is 640. The average molecular weight is 279 g/mol. The van der Waals surface area contributed by atoms with E-state index in [1.807, 2.05) is 36.4 Å². The van der Waals surface area contributed by atoms with Crippen molar-refractivity contribution in [2.75, 3.05) is 0 Å². The Morgan fingerprint density at radius 1 is 1.10 bits per heavy atom. The minimum absolute atomic E-state index is 0.409. The first-order chi connectivity index (χ1) is 10.2. The summed E-state index contributed by atoms with van der Waals surface area (Å²) in [6.45, 7) is 2.08. The molecule has 2 heteroatoms. The summed E-state index contributed by atoms with van der Waals surface area (Å²) in [5.74, 6) is 0.918. The quantitative estimate of drug-likeness (QED) is 0.778. The van der Waals surface area contributed by atoms with Crippen LogP contribution >= 0.6 is 0 Å². The minimum Gasteiger partial charge on any atom is -0.507 e. The first-order valence-electron chi connectivity index (χ1n) is 7.66. The molecule has 0 unspecified atom stereocenters. The Morgan fingerprint density at radius 2 is 1.81 bits per heavy atom. The Labute approximate surface area is 126 Å². The van der Waals surface area contributed by atoms with Gasteiger partial charge in [0, 0.05) is 11.8 Å². The van der Waals surface area contributed by atoms with E-state index >= 15 is 0 Å². The Morgan fingerprint density at radius 3 is 2.52 bits per heavy atom. The van der Waals surface area contributed by atoms with E-state index in [4.69, 9.17) is 0 Å². The van der Waals surface area contributed by atoms with Gasteiger partial charge in [0.1, 0.15) is 5.75 Å². The van der Waals surface area contributed by atoms with Crippen LogP contribution in [0.15, 0.2) is 47.5 Å². The van der Waals surface area contributed by atoms with Gasteiger partial charge >= 0.3 is 0 Å². The molecule has 0 radical (unpaired) electrons. The molecular formula is C19H21NO. The third-order valence-electron chi connectivity index (χ3n) is 4.22. The Kier molecular flexibility index (Phi) is 4.05. The van der Waals surface area contributed by atoms with Crippen molar-refractivity contribution in [2.24, 2.45) is 4.99 Å². The summed E-state index contributed by atoms with van der Waals surface area (Å²) in [5, 5.41) is 10.6. The van der Waals surface area contributed by atoms with Gasteiger partial charge in [-0.15, -0.1) is 0 Å².